The van der Waals surface area contributed by atoms with Crippen LogP contribution in [-0.2, 0) is 6.54 Å². The normalized spacial score (nSPS) is 10.2. The number of hydrogen-bond donors (Lipinski definition) is 1. The van der Waals surface area contributed by atoms with Gasteiger partial charge < -0.3 is 15.2 Å². The van der Waals surface area contributed by atoms with Gasteiger partial charge in [-0.05, 0) is 42.3 Å². The fraction of sp³-hybridized carbons (Fsp3) is 0.250. The van der Waals surface area contributed by atoms with Crippen LogP contribution in [0.1, 0.15) is 11.1 Å². The number of rotatable bonds is 6. The van der Waals surface area contributed by atoms with Crippen molar-refractivity contribution in [3.8, 4) is 11.5 Å². The molecule has 0 fully saturated rings. The smallest absolute Gasteiger partial charge is 0.122 e. The highest BCUT2D eigenvalue weighted by Gasteiger charge is 1.97. The Bertz CT molecular complexity index is 526. The van der Waals surface area contributed by atoms with Crippen molar-refractivity contribution in [2.75, 3.05) is 13.2 Å². The van der Waals surface area contributed by atoms with Crippen molar-refractivity contribution in [2.45, 2.75) is 13.5 Å². The largest absolute Gasteiger partial charge is 0.490 e. The molecule has 0 aliphatic carbocycles. The van der Waals surface area contributed by atoms with Crippen LogP contribution < -0.4 is 15.2 Å². The Morgan fingerprint density at radius 2 is 1.53 bits per heavy atom. The number of nitrogens with two attached hydrogens (primary N) is 1. The lowest BCUT2D eigenvalue weighted by Gasteiger charge is -2.09. The molecule has 0 unspecified atom stereocenters. The van der Waals surface area contributed by atoms with Gasteiger partial charge in [0.1, 0.15) is 24.7 Å². The Balaban J connectivity index is 1.77. The lowest BCUT2D eigenvalue weighted by Crippen LogP contribution is -2.09. The first-order chi connectivity index (χ1) is 9.28. The summed E-state index contributed by atoms with van der Waals surface area (Å²) in [6.07, 6.45) is 0. The minimum absolute atomic E-state index is 0.516. The van der Waals surface area contributed by atoms with Crippen molar-refractivity contribution in [1.29, 1.82) is 0 Å². The third-order valence-corrected chi connectivity index (χ3v) is 2.74. The molecular weight excluding hydrogens is 238 g/mol. The van der Waals surface area contributed by atoms with Gasteiger partial charge in [-0.1, -0.05) is 24.3 Å². The summed E-state index contributed by atoms with van der Waals surface area (Å²) in [5.41, 5.74) is 7.84. The highest BCUT2D eigenvalue weighted by Crippen LogP contribution is 2.14. The molecule has 2 aromatic rings. The van der Waals surface area contributed by atoms with Gasteiger partial charge in [0.2, 0.25) is 0 Å². The van der Waals surface area contributed by atoms with Crippen molar-refractivity contribution in [2.24, 2.45) is 5.73 Å². The van der Waals surface area contributed by atoms with Crippen LogP contribution in [0.25, 0.3) is 0 Å². The fourth-order valence-corrected chi connectivity index (χ4v) is 1.79. The molecule has 19 heavy (non-hydrogen) atoms. The summed E-state index contributed by atoms with van der Waals surface area (Å²) < 4.78 is 11.2. The zero-order valence-electron chi connectivity index (χ0n) is 11.1. The zero-order valence-corrected chi connectivity index (χ0v) is 11.1. The predicted molar refractivity (Wildman–Crippen MR) is 76.5 cm³/mol. The predicted octanol–water partition coefficient (Wildman–Crippen LogP) is 2.91. The number of benzene rings is 2. The zero-order chi connectivity index (χ0) is 13.5. The van der Waals surface area contributed by atoms with E-state index in [0.29, 0.717) is 19.8 Å². The van der Waals surface area contributed by atoms with Crippen molar-refractivity contribution in [3.05, 3.63) is 59.7 Å². The second-order valence-corrected chi connectivity index (χ2v) is 4.36. The van der Waals surface area contributed by atoms with Crippen molar-refractivity contribution < 1.29 is 9.47 Å². The van der Waals surface area contributed by atoms with E-state index in [9.17, 15) is 0 Å². The van der Waals surface area contributed by atoms with E-state index in [-0.39, 0.29) is 0 Å². The summed E-state index contributed by atoms with van der Waals surface area (Å²) >= 11 is 0. The molecule has 2 N–H and O–H groups in total. The summed E-state index contributed by atoms with van der Waals surface area (Å²) in [6.45, 7) is 3.61. The molecule has 0 radical (unpaired) electrons. The molecule has 0 aliphatic heterocycles. The average Bonchev–Trinajstić information content (AvgIpc) is 2.44. The van der Waals surface area contributed by atoms with Gasteiger partial charge in [0, 0.05) is 6.54 Å². The lowest BCUT2D eigenvalue weighted by molar-refractivity contribution is 0.217. The monoisotopic (exact) mass is 257 g/mol. The van der Waals surface area contributed by atoms with Crippen LogP contribution in [0.3, 0.4) is 0 Å². The van der Waals surface area contributed by atoms with Gasteiger partial charge >= 0.3 is 0 Å². The molecule has 0 spiro atoms. The van der Waals surface area contributed by atoms with Crippen LogP contribution in [0.5, 0.6) is 11.5 Å². The van der Waals surface area contributed by atoms with Crippen LogP contribution in [0.2, 0.25) is 0 Å². The second kappa shape index (κ2) is 6.81. The molecular formula is C16H19NO2. The Kier molecular flexibility index (Phi) is 4.81. The molecule has 0 aromatic heterocycles. The van der Waals surface area contributed by atoms with Gasteiger partial charge in [0.25, 0.3) is 0 Å². The topological polar surface area (TPSA) is 44.5 Å². The molecule has 3 heteroatoms. The highest BCUT2D eigenvalue weighted by molar-refractivity contribution is 5.29. The van der Waals surface area contributed by atoms with Crippen LogP contribution in [0.4, 0.5) is 0 Å². The molecule has 0 saturated carbocycles. The molecule has 0 amide bonds. The number of hydrogen-bond acceptors (Lipinski definition) is 3. The molecule has 0 heterocycles. The van der Waals surface area contributed by atoms with E-state index in [0.717, 1.165) is 17.1 Å². The Morgan fingerprint density at radius 3 is 2.16 bits per heavy atom. The lowest BCUT2D eigenvalue weighted by atomic mass is 10.2. The molecule has 0 bridgehead atoms. The van der Waals surface area contributed by atoms with Gasteiger partial charge in [0.05, 0.1) is 0 Å². The van der Waals surface area contributed by atoms with E-state index in [1.54, 1.807) is 0 Å². The molecule has 0 atom stereocenters. The van der Waals surface area contributed by atoms with E-state index in [2.05, 4.69) is 0 Å². The van der Waals surface area contributed by atoms with Gasteiger partial charge in [0.15, 0.2) is 0 Å². The first-order valence-corrected chi connectivity index (χ1v) is 6.39. The maximum atomic E-state index is 5.62. The van der Waals surface area contributed by atoms with Crippen LogP contribution in [-0.4, -0.2) is 13.2 Å². The van der Waals surface area contributed by atoms with E-state index in [1.807, 2.05) is 55.5 Å². The summed E-state index contributed by atoms with van der Waals surface area (Å²) in [5.74, 6) is 1.70. The average molecular weight is 257 g/mol. The summed E-state index contributed by atoms with van der Waals surface area (Å²) in [7, 11) is 0. The fourth-order valence-electron chi connectivity index (χ4n) is 1.79. The van der Waals surface area contributed by atoms with Crippen LogP contribution in [0, 0.1) is 6.92 Å². The Hall–Kier alpha value is -2.00. The SMILES string of the molecule is Cc1cccc(OCCOc2cccc(CN)c2)c1. The second-order valence-electron chi connectivity index (χ2n) is 4.36. The van der Waals surface area contributed by atoms with E-state index in [1.165, 1.54) is 5.56 Å². The quantitative estimate of drug-likeness (QED) is 0.809. The first-order valence-electron chi connectivity index (χ1n) is 6.39. The minimum atomic E-state index is 0.516. The van der Waals surface area contributed by atoms with Crippen LogP contribution in [0.15, 0.2) is 48.5 Å². The van der Waals surface area contributed by atoms with Crippen molar-refractivity contribution in [3.63, 3.8) is 0 Å². The first kappa shape index (κ1) is 13.4. The summed E-state index contributed by atoms with van der Waals surface area (Å²) in [4.78, 5) is 0. The number of ether oxygens (including phenoxy) is 2. The van der Waals surface area contributed by atoms with Gasteiger partial charge in [-0.3, -0.25) is 0 Å². The molecule has 2 rings (SSSR count). The third-order valence-electron chi connectivity index (χ3n) is 2.74. The van der Waals surface area contributed by atoms with Gasteiger partial charge in [-0.2, -0.15) is 0 Å². The van der Waals surface area contributed by atoms with Crippen LogP contribution >= 0.6 is 0 Å². The van der Waals surface area contributed by atoms with Gasteiger partial charge in [-0.25, -0.2) is 0 Å². The molecule has 3 nitrogen and oxygen atoms in total. The minimum Gasteiger partial charge on any atom is -0.490 e. The summed E-state index contributed by atoms with van der Waals surface area (Å²) in [6, 6.07) is 15.8. The third kappa shape index (κ3) is 4.30. The molecule has 2 aromatic carbocycles. The van der Waals surface area contributed by atoms with E-state index in [4.69, 9.17) is 15.2 Å². The number of aryl methyl sites for hydroxylation is 1. The van der Waals surface area contributed by atoms with Gasteiger partial charge in [-0.15, -0.1) is 0 Å². The maximum absolute atomic E-state index is 5.62. The standard InChI is InChI=1S/C16H19NO2/c1-13-4-2-6-15(10-13)18-8-9-19-16-7-3-5-14(11-16)12-17/h2-7,10-11H,8-9,12,17H2,1H3. The summed E-state index contributed by atoms with van der Waals surface area (Å²) in [5, 5.41) is 0. The van der Waals surface area contributed by atoms with Crippen molar-refractivity contribution >= 4 is 0 Å². The van der Waals surface area contributed by atoms with Crippen molar-refractivity contribution in [1.82, 2.24) is 0 Å². The van der Waals surface area contributed by atoms with E-state index >= 15 is 0 Å². The highest BCUT2D eigenvalue weighted by atomic mass is 16.5. The molecule has 0 saturated heterocycles. The van der Waals surface area contributed by atoms with E-state index < -0.39 is 0 Å². The molecule has 0 aliphatic rings. The Morgan fingerprint density at radius 1 is 0.895 bits per heavy atom. The maximum Gasteiger partial charge on any atom is 0.122 e. The Labute approximate surface area is 114 Å². The molecule has 100 valence electrons.